The maximum atomic E-state index is 12.1. The first-order chi connectivity index (χ1) is 10.0. The number of hydrogen-bond acceptors (Lipinski definition) is 3. The van der Waals surface area contributed by atoms with Crippen molar-refractivity contribution in [3.8, 4) is 0 Å². The Morgan fingerprint density at radius 3 is 2.57 bits per heavy atom. The van der Waals surface area contributed by atoms with Crippen LogP contribution >= 0.6 is 11.3 Å². The molecule has 1 unspecified atom stereocenters. The summed E-state index contributed by atoms with van der Waals surface area (Å²) in [5, 5.41) is 17.0. The molecule has 2 rings (SSSR count). The van der Waals surface area contributed by atoms with Crippen LogP contribution in [0.15, 0.2) is 41.1 Å². The molecule has 0 bridgehead atoms. The van der Waals surface area contributed by atoms with E-state index in [0.717, 1.165) is 18.4 Å². The average molecular weight is 303 g/mol. The van der Waals surface area contributed by atoms with Gasteiger partial charge in [-0.15, -0.1) is 0 Å². The molecule has 1 aromatic heterocycles. The van der Waals surface area contributed by atoms with Crippen molar-refractivity contribution >= 4 is 17.2 Å². The quantitative estimate of drug-likeness (QED) is 0.860. The topological polar surface area (TPSA) is 49.3 Å². The molecular weight excluding hydrogens is 282 g/mol. The first-order valence-corrected chi connectivity index (χ1v) is 8.09. The summed E-state index contributed by atoms with van der Waals surface area (Å²) in [6.45, 7) is 4.03. The molecule has 0 radical (unpaired) electrons. The standard InChI is InChI=1S/C17H21NO2S/c1-3-4-13-5-7-14(8-6-13)16(19)18-12-17(2,20)15-9-10-21-11-15/h5-11,20H,3-4,12H2,1-2H3,(H,18,19). The highest BCUT2D eigenvalue weighted by Gasteiger charge is 2.24. The normalized spacial score (nSPS) is 13.7. The van der Waals surface area contributed by atoms with E-state index < -0.39 is 5.60 Å². The lowest BCUT2D eigenvalue weighted by Gasteiger charge is -2.22. The lowest BCUT2D eigenvalue weighted by atomic mass is 9.99. The van der Waals surface area contributed by atoms with Crippen molar-refractivity contribution in [3.63, 3.8) is 0 Å². The second kappa shape index (κ2) is 6.87. The third-order valence-electron chi connectivity index (χ3n) is 3.49. The smallest absolute Gasteiger partial charge is 0.251 e. The van der Waals surface area contributed by atoms with Crippen LogP contribution in [0.3, 0.4) is 0 Å². The van der Waals surface area contributed by atoms with Gasteiger partial charge in [0, 0.05) is 5.56 Å². The third-order valence-corrected chi connectivity index (χ3v) is 4.17. The first-order valence-electron chi connectivity index (χ1n) is 7.15. The molecule has 1 aromatic carbocycles. The Labute approximate surface area is 129 Å². The molecule has 4 heteroatoms. The number of aryl methyl sites for hydroxylation is 1. The van der Waals surface area contributed by atoms with E-state index in [-0.39, 0.29) is 12.5 Å². The zero-order valence-corrected chi connectivity index (χ0v) is 13.2. The van der Waals surface area contributed by atoms with Gasteiger partial charge in [0.15, 0.2) is 0 Å². The molecule has 21 heavy (non-hydrogen) atoms. The van der Waals surface area contributed by atoms with E-state index in [2.05, 4.69) is 12.2 Å². The van der Waals surface area contributed by atoms with E-state index in [1.54, 1.807) is 6.92 Å². The number of carbonyl (C=O) groups excluding carboxylic acids is 1. The van der Waals surface area contributed by atoms with Crippen molar-refractivity contribution in [1.82, 2.24) is 5.32 Å². The number of nitrogens with one attached hydrogen (secondary N) is 1. The van der Waals surface area contributed by atoms with E-state index >= 15 is 0 Å². The molecule has 2 N–H and O–H groups in total. The van der Waals surface area contributed by atoms with Crippen molar-refractivity contribution in [2.75, 3.05) is 6.54 Å². The predicted octanol–water partition coefficient (Wildman–Crippen LogP) is 3.34. The van der Waals surface area contributed by atoms with Gasteiger partial charge in [-0.25, -0.2) is 0 Å². The van der Waals surface area contributed by atoms with Crippen LogP contribution in [-0.4, -0.2) is 17.6 Å². The molecule has 0 aliphatic rings. The maximum absolute atomic E-state index is 12.1. The van der Waals surface area contributed by atoms with Gasteiger partial charge in [-0.05, 0) is 53.4 Å². The SMILES string of the molecule is CCCc1ccc(C(=O)NCC(C)(O)c2ccsc2)cc1. The van der Waals surface area contributed by atoms with Crippen molar-refractivity contribution in [3.05, 3.63) is 57.8 Å². The number of benzene rings is 1. The fourth-order valence-corrected chi connectivity index (χ4v) is 2.92. The number of hydrogen-bond donors (Lipinski definition) is 2. The van der Waals surface area contributed by atoms with Crippen LogP contribution in [-0.2, 0) is 12.0 Å². The van der Waals surface area contributed by atoms with Gasteiger partial charge >= 0.3 is 0 Å². The highest BCUT2D eigenvalue weighted by Crippen LogP contribution is 2.22. The monoisotopic (exact) mass is 303 g/mol. The maximum Gasteiger partial charge on any atom is 0.251 e. The number of rotatable bonds is 6. The summed E-state index contributed by atoms with van der Waals surface area (Å²) in [5.74, 6) is -0.159. The highest BCUT2D eigenvalue weighted by molar-refractivity contribution is 7.08. The van der Waals surface area contributed by atoms with Gasteiger partial charge in [-0.1, -0.05) is 25.5 Å². The molecule has 0 spiro atoms. The largest absolute Gasteiger partial charge is 0.384 e. The second-order valence-corrected chi connectivity index (χ2v) is 6.20. The number of thiophene rings is 1. The van der Waals surface area contributed by atoms with Gasteiger partial charge in [0.1, 0.15) is 5.60 Å². The van der Waals surface area contributed by atoms with Crippen LogP contribution in [0.5, 0.6) is 0 Å². The summed E-state index contributed by atoms with van der Waals surface area (Å²) in [7, 11) is 0. The molecule has 112 valence electrons. The molecule has 0 saturated carbocycles. The second-order valence-electron chi connectivity index (χ2n) is 5.42. The Hall–Kier alpha value is -1.65. The van der Waals surface area contributed by atoms with Crippen LogP contribution in [0.4, 0.5) is 0 Å². The molecule has 0 aliphatic heterocycles. The third kappa shape index (κ3) is 4.16. The van der Waals surface area contributed by atoms with E-state index in [1.807, 2.05) is 41.1 Å². The summed E-state index contributed by atoms with van der Waals surface area (Å²) < 4.78 is 0. The molecule has 1 heterocycles. The molecule has 1 amide bonds. The molecule has 2 aromatic rings. The van der Waals surface area contributed by atoms with Crippen molar-refractivity contribution < 1.29 is 9.90 Å². The van der Waals surface area contributed by atoms with Crippen LogP contribution < -0.4 is 5.32 Å². The van der Waals surface area contributed by atoms with Crippen LogP contribution in [0, 0.1) is 0 Å². The molecule has 3 nitrogen and oxygen atoms in total. The van der Waals surface area contributed by atoms with Crippen LogP contribution in [0.2, 0.25) is 0 Å². The first kappa shape index (κ1) is 15.7. The highest BCUT2D eigenvalue weighted by atomic mass is 32.1. The zero-order chi connectivity index (χ0) is 15.3. The molecule has 0 aliphatic carbocycles. The molecule has 0 saturated heterocycles. The summed E-state index contributed by atoms with van der Waals surface area (Å²) >= 11 is 1.53. The van der Waals surface area contributed by atoms with Gasteiger partial charge in [0.05, 0.1) is 6.54 Å². The average Bonchev–Trinajstić information content (AvgIpc) is 3.01. The lowest BCUT2D eigenvalue weighted by Crippen LogP contribution is -2.38. The molecular formula is C17H21NO2S. The fourth-order valence-electron chi connectivity index (χ4n) is 2.14. The van der Waals surface area contributed by atoms with E-state index in [4.69, 9.17) is 0 Å². The minimum atomic E-state index is -1.04. The van der Waals surface area contributed by atoms with E-state index in [0.29, 0.717) is 5.56 Å². The van der Waals surface area contributed by atoms with E-state index in [9.17, 15) is 9.90 Å². The fraction of sp³-hybridized carbons (Fsp3) is 0.353. The number of amides is 1. The summed E-state index contributed by atoms with van der Waals surface area (Å²) in [5.41, 5.74) is 1.64. The van der Waals surface area contributed by atoms with Crippen molar-refractivity contribution in [1.29, 1.82) is 0 Å². The predicted molar refractivity (Wildman–Crippen MR) is 86.7 cm³/mol. The summed E-state index contributed by atoms with van der Waals surface area (Å²) in [6, 6.07) is 9.50. The Kier molecular flexibility index (Phi) is 5.15. The Morgan fingerprint density at radius 1 is 1.29 bits per heavy atom. The zero-order valence-electron chi connectivity index (χ0n) is 12.4. The van der Waals surface area contributed by atoms with Gasteiger partial charge in [0.2, 0.25) is 0 Å². The summed E-state index contributed by atoms with van der Waals surface area (Å²) in [6.07, 6.45) is 2.11. The number of carbonyl (C=O) groups is 1. The van der Waals surface area contributed by atoms with Gasteiger partial charge in [-0.2, -0.15) is 11.3 Å². The van der Waals surface area contributed by atoms with Gasteiger partial charge in [0.25, 0.3) is 5.91 Å². The van der Waals surface area contributed by atoms with E-state index in [1.165, 1.54) is 16.9 Å². The minimum Gasteiger partial charge on any atom is -0.384 e. The lowest BCUT2D eigenvalue weighted by molar-refractivity contribution is 0.0530. The summed E-state index contributed by atoms with van der Waals surface area (Å²) in [4.78, 5) is 12.1. The number of aliphatic hydroxyl groups is 1. The van der Waals surface area contributed by atoms with Crippen molar-refractivity contribution in [2.45, 2.75) is 32.3 Å². The van der Waals surface area contributed by atoms with Crippen molar-refractivity contribution in [2.24, 2.45) is 0 Å². The van der Waals surface area contributed by atoms with Gasteiger partial charge < -0.3 is 10.4 Å². The Bertz CT molecular complexity index is 573. The molecule has 0 fully saturated rings. The Balaban J connectivity index is 1.95. The Morgan fingerprint density at radius 2 is 2.00 bits per heavy atom. The minimum absolute atomic E-state index is 0.159. The van der Waals surface area contributed by atoms with Crippen LogP contribution in [0.25, 0.3) is 0 Å². The molecule has 1 atom stereocenters. The van der Waals surface area contributed by atoms with Gasteiger partial charge in [-0.3, -0.25) is 4.79 Å². The van der Waals surface area contributed by atoms with Crippen LogP contribution in [0.1, 0.15) is 41.8 Å².